The van der Waals surface area contributed by atoms with Crippen LogP contribution in [0.1, 0.15) is 25.3 Å². The summed E-state index contributed by atoms with van der Waals surface area (Å²) in [5.74, 6) is -3.02. The molecule has 11 nitrogen and oxygen atoms in total. The Hall–Kier alpha value is -3.44. The lowest BCUT2D eigenvalue weighted by Gasteiger charge is -2.26. The van der Waals surface area contributed by atoms with Crippen molar-refractivity contribution >= 4 is 34.6 Å². The van der Waals surface area contributed by atoms with Crippen LogP contribution in [0.2, 0.25) is 0 Å². The van der Waals surface area contributed by atoms with Crippen LogP contribution in [-0.2, 0) is 25.6 Å². The number of aromatic amines is 1. The van der Waals surface area contributed by atoms with E-state index in [0.717, 1.165) is 16.5 Å². The van der Waals surface area contributed by atoms with Crippen LogP contribution in [0, 0.1) is 0 Å². The highest BCUT2D eigenvalue weighted by Crippen LogP contribution is 2.19. The van der Waals surface area contributed by atoms with Gasteiger partial charge in [-0.05, 0) is 37.8 Å². The van der Waals surface area contributed by atoms with Gasteiger partial charge in [-0.2, -0.15) is 0 Å². The number of fused-ring (bicyclic) bond motifs is 1. The van der Waals surface area contributed by atoms with Gasteiger partial charge in [-0.15, -0.1) is 0 Å². The zero-order valence-corrected chi connectivity index (χ0v) is 18.3. The molecule has 3 amide bonds. The zero-order valence-electron chi connectivity index (χ0n) is 18.3. The Morgan fingerprint density at radius 2 is 1.94 bits per heavy atom. The van der Waals surface area contributed by atoms with E-state index in [1.165, 1.54) is 11.8 Å². The molecule has 0 aliphatic carbocycles. The number of para-hydroxylation sites is 1. The van der Waals surface area contributed by atoms with E-state index in [4.69, 9.17) is 5.73 Å². The van der Waals surface area contributed by atoms with Gasteiger partial charge < -0.3 is 36.5 Å². The number of H-pyrrole nitrogens is 1. The van der Waals surface area contributed by atoms with E-state index in [0.29, 0.717) is 19.4 Å². The third-order valence-corrected chi connectivity index (χ3v) is 5.82. The average Bonchev–Trinajstić information content (AvgIpc) is 3.44. The van der Waals surface area contributed by atoms with Gasteiger partial charge in [0.25, 0.3) is 0 Å². The summed E-state index contributed by atoms with van der Waals surface area (Å²) in [5, 5.41) is 24.6. The first kappa shape index (κ1) is 24.2. The predicted molar refractivity (Wildman–Crippen MR) is 119 cm³/mol. The number of aromatic nitrogens is 1. The van der Waals surface area contributed by atoms with Crippen molar-refractivity contribution in [3.63, 3.8) is 0 Å². The molecule has 3 rings (SSSR count). The first-order valence-corrected chi connectivity index (χ1v) is 10.8. The normalized spacial score (nSPS) is 18.5. The second kappa shape index (κ2) is 10.5. The van der Waals surface area contributed by atoms with E-state index < -0.39 is 54.5 Å². The van der Waals surface area contributed by atoms with Crippen LogP contribution < -0.4 is 16.4 Å². The maximum atomic E-state index is 12.6. The maximum Gasteiger partial charge on any atom is 0.326 e. The Balaban J connectivity index is 1.56. The van der Waals surface area contributed by atoms with E-state index in [9.17, 15) is 29.4 Å². The molecule has 0 bridgehead atoms. The molecule has 4 atom stereocenters. The fourth-order valence-corrected chi connectivity index (χ4v) is 4.01. The van der Waals surface area contributed by atoms with Gasteiger partial charge in [-0.25, -0.2) is 4.79 Å². The number of benzene rings is 1. The number of hydrogen-bond acceptors (Lipinski definition) is 6. The van der Waals surface area contributed by atoms with Crippen molar-refractivity contribution < 1.29 is 29.4 Å². The van der Waals surface area contributed by atoms with Gasteiger partial charge in [0.15, 0.2) is 0 Å². The lowest BCUT2D eigenvalue weighted by molar-refractivity contribution is -0.149. The molecular weight excluding hydrogens is 430 g/mol. The highest BCUT2D eigenvalue weighted by atomic mass is 16.4. The van der Waals surface area contributed by atoms with Crippen LogP contribution in [0.5, 0.6) is 0 Å². The number of aliphatic carboxylic acids is 1. The number of aliphatic hydroxyl groups excluding tert-OH is 1. The first-order chi connectivity index (χ1) is 15.7. The molecular formula is C22H29N5O6. The molecule has 7 N–H and O–H groups in total. The van der Waals surface area contributed by atoms with Crippen LogP contribution in [0.4, 0.5) is 0 Å². The van der Waals surface area contributed by atoms with Crippen LogP contribution in [0.25, 0.3) is 10.9 Å². The molecule has 4 unspecified atom stereocenters. The summed E-state index contributed by atoms with van der Waals surface area (Å²) in [5.41, 5.74) is 7.78. The minimum atomic E-state index is -1.31. The number of hydrogen-bond donors (Lipinski definition) is 6. The minimum Gasteiger partial charge on any atom is -0.480 e. The number of aliphatic hydroxyl groups is 1. The number of nitrogens with one attached hydrogen (secondary N) is 3. The number of carboxylic acids is 1. The molecule has 2 aromatic rings. The summed E-state index contributed by atoms with van der Waals surface area (Å²) < 4.78 is 0. The van der Waals surface area contributed by atoms with Crippen molar-refractivity contribution in [1.82, 2.24) is 20.5 Å². The summed E-state index contributed by atoms with van der Waals surface area (Å²) in [4.78, 5) is 53.3. The number of carbonyl (C=O) groups is 4. The summed E-state index contributed by atoms with van der Waals surface area (Å²) in [6, 6.07) is 3.35. The third-order valence-electron chi connectivity index (χ3n) is 5.82. The molecule has 2 heterocycles. The van der Waals surface area contributed by atoms with Gasteiger partial charge in [0.1, 0.15) is 18.1 Å². The third kappa shape index (κ3) is 5.49. The summed E-state index contributed by atoms with van der Waals surface area (Å²) in [7, 11) is 0. The zero-order chi connectivity index (χ0) is 24.1. The van der Waals surface area contributed by atoms with Crippen molar-refractivity contribution in [2.24, 2.45) is 5.73 Å². The molecule has 1 aromatic carbocycles. The van der Waals surface area contributed by atoms with Crippen molar-refractivity contribution in [1.29, 1.82) is 0 Å². The van der Waals surface area contributed by atoms with E-state index in [1.807, 2.05) is 24.3 Å². The Bertz CT molecular complexity index is 1040. The number of carbonyl (C=O) groups excluding carboxylic acids is 3. The molecule has 178 valence electrons. The van der Waals surface area contributed by atoms with Crippen molar-refractivity contribution in [2.75, 3.05) is 13.2 Å². The molecule has 1 aliphatic rings. The minimum absolute atomic E-state index is 0.218. The predicted octanol–water partition coefficient (Wildman–Crippen LogP) is -0.905. The summed E-state index contributed by atoms with van der Waals surface area (Å²) in [6.45, 7) is 1.02. The average molecular weight is 460 g/mol. The second-order valence-corrected chi connectivity index (χ2v) is 8.17. The van der Waals surface area contributed by atoms with Crippen LogP contribution in [-0.4, -0.2) is 81.1 Å². The van der Waals surface area contributed by atoms with Gasteiger partial charge in [0.05, 0.1) is 12.6 Å². The fraction of sp³-hybridized carbons (Fsp3) is 0.455. The standard InChI is InChI=1S/C22H29N5O6/c1-12(21(31)27-8-4-7-18(27)22(32)33)25-20(30)17(11-28)26-19(29)15(23)9-13-10-24-16-6-3-2-5-14(13)16/h2-3,5-6,10,12,15,17-18,24,28H,4,7-9,11,23H2,1H3,(H,25,30)(H,26,29)(H,32,33). The van der Waals surface area contributed by atoms with Crippen LogP contribution in [0.15, 0.2) is 30.5 Å². The van der Waals surface area contributed by atoms with Crippen molar-refractivity contribution in [2.45, 2.75) is 50.4 Å². The van der Waals surface area contributed by atoms with Gasteiger partial charge >= 0.3 is 5.97 Å². The monoisotopic (exact) mass is 459 g/mol. The molecule has 11 heteroatoms. The number of nitrogens with zero attached hydrogens (tertiary/aromatic N) is 1. The van der Waals surface area contributed by atoms with Gasteiger partial charge in [-0.1, -0.05) is 18.2 Å². The molecule has 1 saturated heterocycles. The Labute approximate surface area is 190 Å². The molecule has 0 saturated carbocycles. The lowest BCUT2D eigenvalue weighted by atomic mass is 10.0. The topological polar surface area (TPSA) is 178 Å². The molecule has 33 heavy (non-hydrogen) atoms. The lowest BCUT2D eigenvalue weighted by Crippen LogP contribution is -2.57. The van der Waals surface area contributed by atoms with Crippen molar-refractivity contribution in [3.8, 4) is 0 Å². The summed E-state index contributed by atoms with van der Waals surface area (Å²) in [6.07, 6.45) is 2.90. The van der Waals surface area contributed by atoms with Gasteiger partial charge in [0, 0.05) is 23.6 Å². The van der Waals surface area contributed by atoms with Crippen LogP contribution in [0.3, 0.4) is 0 Å². The number of amides is 3. The SMILES string of the molecule is CC(NC(=O)C(CO)NC(=O)C(N)Cc1c[nH]c2ccccc12)C(=O)N1CCCC1C(=O)O. The largest absolute Gasteiger partial charge is 0.480 e. The van der Waals surface area contributed by atoms with Crippen LogP contribution >= 0.6 is 0 Å². The summed E-state index contributed by atoms with van der Waals surface area (Å²) >= 11 is 0. The fourth-order valence-electron chi connectivity index (χ4n) is 4.01. The molecule has 1 fully saturated rings. The van der Waals surface area contributed by atoms with Crippen molar-refractivity contribution in [3.05, 3.63) is 36.0 Å². The Kier molecular flexibility index (Phi) is 7.67. The van der Waals surface area contributed by atoms with E-state index in [2.05, 4.69) is 15.6 Å². The highest BCUT2D eigenvalue weighted by molar-refractivity contribution is 5.94. The number of carboxylic acid groups (broad SMARTS) is 1. The van der Waals surface area contributed by atoms with E-state index in [1.54, 1.807) is 6.20 Å². The quantitative estimate of drug-likeness (QED) is 0.281. The number of nitrogens with two attached hydrogens (primary N) is 1. The first-order valence-electron chi connectivity index (χ1n) is 10.8. The molecule has 1 aliphatic heterocycles. The molecule has 0 radical (unpaired) electrons. The van der Waals surface area contributed by atoms with Gasteiger partial charge in [0.2, 0.25) is 17.7 Å². The van der Waals surface area contributed by atoms with E-state index in [-0.39, 0.29) is 6.42 Å². The van der Waals surface area contributed by atoms with Gasteiger partial charge in [-0.3, -0.25) is 14.4 Å². The molecule has 0 spiro atoms. The number of likely N-dealkylation sites (tertiary alicyclic amines) is 1. The second-order valence-electron chi connectivity index (χ2n) is 8.17. The number of rotatable bonds is 9. The van der Waals surface area contributed by atoms with E-state index >= 15 is 0 Å². The Morgan fingerprint density at radius 1 is 1.21 bits per heavy atom. The Morgan fingerprint density at radius 3 is 2.64 bits per heavy atom. The smallest absolute Gasteiger partial charge is 0.326 e. The highest BCUT2D eigenvalue weighted by Gasteiger charge is 2.36. The molecule has 1 aromatic heterocycles. The maximum absolute atomic E-state index is 12.6.